The minimum Gasteiger partial charge on any atom is -0.466 e. The van der Waals surface area contributed by atoms with Crippen LogP contribution in [0.2, 0.25) is 0 Å². The maximum Gasteiger partial charge on any atom is 0.305 e. The molecular formula is C45H88N2O5. The Balaban J connectivity index is 2.34. The van der Waals surface area contributed by atoms with Gasteiger partial charge in [0.1, 0.15) is 0 Å². The zero-order valence-electron chi connectivity index (χ0n) is 35.0. The van der Waals surface area contributed by atoms with Crippen LogP contribution in [0, 0.1) is 5.92 Å². The first kappa shape index (κ1) is 48.8. The fraction of sp³-hybridized carbons (Fsp3) is 0.956. The SMILES string of the molecule is CCCCCCCCCCCOC(=O)CCCCCN(CCCCCC(=O)OCC(C)CCCCCCCC)CCN(CCO)C1CCCCCC1. The summed E-state index contributed by atoms with van der Waals surface area (Å²) in [5.74, 6) is 0.369. The molecule has 1 atom stereocenters. The Morgan fingerprint density at radius 2 is 1.08 bits per heavy atom. The summed E-state index contributed by atoms with van der Waals surface area (Å²) in [6.07, 6.45) is 35.3. The van der Waals surface area contributed by atoms with Crippen molar-refractivity contribution in [3.05, 3.63) is 0 Å². The molecule has 1 N–H and O–H groups in total. The van der Waals surface area contributed by atoms with Gasteiger partial charge in [-0.3, -0.25) is 14.5 Å². The maximum atomic E-state index is 12.4. The van der Waals surface area contributed by atoms with Crippen molar-refractivity contribution >= 4 is 11.9 Å². The third-order valence-electron chi connectivity index (χ3n) is 11.2. The summed E-state index contributed by atoms with van der Waals surface area (Å²) in [4.78, 5) is 29.9. The zero-order chi connectivity index (χ0) is 37.7. The Bertz CT molecular complexity index is 788. The lowest BCUT2D eigenvalue weighted by Gasteiger charge is -2.33. The summed E-state index contributed by atoms with van der Waals surface area (Å²) in [6.45, 7) is 12.9. The van der Waals surface area contributed by atoms with Gasteiger partial charge in [-0.2, -0.15) is 0 Å². The second-order valence-electron chi connectivity index (χ2n) is 16.3. The summed E-state index contributed by atoms with van der Waals surface area (Å²) in [7, 11) is 0. The van der Waals surface area contributed by atoms with Crippen molar-refractivity contribution in [1.29, 1.82) is 0 Å². The molecule has 0 radical (unpaired) electrons. The molecule has 0 saturated heterocycles. The van der Waals surface area contributed by atoms with E-state index in [1.165, 1.54) is 122 Å². The van der Waals surface area contributed by atoms with Gasteiger partial charge in [0.2, 0.25) is 0 Å². The Labute approximate surface area is 323 Å². The topological polar surface area (TPSA) is 79.3 Å². The van der Waals surface area contributed by atoms with Crippen LogP contribution in [-0.2, 0) is 19.1 Å². The maximum absolute atomic E-state index is 12.4. The monoisotopic (exact) mass is 737 g/mol. The van der Waals surface area contributed by atoms with E-state index in [2.05, 4.69) is 30.6 Å². The molecule has 0 aromatic rings. The fourth-order valence-corrected chi connectivity index (χ4v) is 7.73. The van der Waals surface area contributed by atoms with Gasteiger partial charge >= 0.3 is 11.9 Å². The summed E-state index contributed by atoms with van der Waals surface area (Å²) >= 11 is 0. The lowest BCUT2D eigenvalue weighted by Crippen LogP contribution is -2.43. The number of carbonyl (C=O) groups is 2. The molecule has 7 heteroatoms. The van der Waals surface area contributed by atoms with E-state index in [1.54, 1.807) is 0 Å². The molecule has 1 rings (SSSR count). The van der Waals surface area contributed by atoms with Crippen molar-refractivity contribution in [3.8, 4) is 0 Å². The van der Waals surface area contributed by atoms with Gasteiger partial charge in [-0.05, 0) is 70.4 Å². The first-order chi connectivity index (χ1) is 25.5. The quantitative estimate of drug-likeness (QED) is 0.0386. The fourth-order valence-electron chi connectivity index (χ4n) is 7.73. The molecule has 1 aliphatic rings. The van der Waals surface area contributed by atoms with E-state index in [0.717, 1.165) is 90.5 Å². The van der Waals surface area contributed by atoms with Crippen LogP contribution in [0.1, 0.15) is 213 Å². The van der Waals surface area contributed by atoms with Gasteiger partial charge in [0.05, 0.1) is 19.8 Å². The minimum absolute atomic E-state index is 0.0368. The average molecular weight is 737 g/mol. The minimum atomic E-state index is -0.0404. The predicted molar refractivity (Wildman–Crippen MR) is 220 cm³/mol. The van der Waals surface area contributed by atoms with Gasteiger partial charge < -0.3 is 19.5 Å². The molecule has 1 aliphatic carbocycles. The van der Waals surface area contributed by atoms with Crippen LogP contribution >= 0.6 is 0 Å². The molecule has 1 unspecified atom stereocenters. The molecule has 0 aliphatic heterocycles. The van der Waals surface area contributed by atoms with E-state index in [9.17, 15) is 14.7 Å². The van der Waals surface area contributed by atoms with Crippen LogP contribution in [0.4, 0.5) is 0 Å². The summed E-state index contributed by atoms with van der Waals surface area (Å²) < 4.78 is 11.1. The highest BCUT2D eigenvalue weighted by atomic mass is 16.5. The number of carbonyl (C=O) groups excluding carboxylic acids is 2. The summed E-state index contributed by atoms with van der Waals surface area (Å²) in [5.41, 5.74) is 0. The Morgan fingerprint density at radius 3 is 1.63 bits per heavy atom. The van der Waals surface area contributed by atoms with Crippen LogP contribution in [0.5, 0.6) is 0 Å². The zero-order valence-corrected chi connectivity index (χ0v) is 35.0. The molecule has 0 heterocycles. The van der Waals surface area contributed by atoms with Crippen molar-refractivity contribution in [1.82, 2.24) is 9.80 Å². The van der Waals surface area contributed by atoms with Crippen molar-refractivity contribution < 1.29 is 24.2 Å². The highest BCUT2D eigenvalue weighted by Gasteiger charge is 2.20. The van der Waals surface area contributed by atoms with Crippen molar-refractivity contribution in [2.75, 3.05) is 52.5 Å². The van der Waals surface area contributed by atoms with Crippen molar-refractivity contribution in [3.63, 3.8) is 0 Å². The predicted octanol–water partition coefficient (Wildman–Crippen LogP) is 11.4. The molecule has 0 aromatic carbocycles. The smallest absolute Gasteiger partial charge is 0.305 e. The number of hydrogen-bond acceptors (Lipinski definition) is 7. The average Bonchev–Trinajstić information content (AvgIpc) is 3.43. The number of unbranched alkanes of at least 4 members (excludes halogenated alkanes) is 17. The largest absolute Gasteiger partial charge is 0.466 e. The standard InChI is InChI=1S/C45H88N2O5/c1-4-6-8-10-12-13-14-18-28-40-51-44(49)32-24-19-26-34-46(36-37-47(38-39-48)43-30-22-16-17-23-31-43)35-27-20-25-33-45(50)52-41-42(3)29-21-15-11-9-7-5-2/h42-43,48H,4-41H2,1-3H3. The molecule has 308 valence electrons. The highest BCUT2D eigenvalue weighted by molar-refractivity contribution is 5.69. The van der Waals surface area contributed by atoms with E-state index in [0.29, 0.717) is 38.0 Å². The van der Waals surface area contributed by atoms with Crippen molar-refractivity contribution in [2.24, 2.45) is 5.92 Å². The first-order valence-corrected chi connectivity index (χ1v) is 22.9. The molecule has 1 fully saturated rings. The molecule has 0 amide bonds. The molecule has 7 nitrogen and oxygen atoms in total. The number of ether oxygens (including phenoxy) is 2. The molecule has 0 aromatic heterocycles. The van der Waals surface area contributed by atoms with Gasteiger partial charge in [0.15, 0.2) is 0 Å². The molecular weight excluding hydrogens is 649 g/mol. The Kier molecular flexibility index (Phi) is 34.5. The number of esters is 2. The van der Waals surface area contributed by atoms with E-state index in [1.807, 2.05) is 0 Å². The van der Waals surface area contributed by atoms with Gasteiger partial charge in [-0.25, -0.2) is 0 Å². The number of hydrogen-bond donors (Lipinski definition) is 1. The van der Waals surface area contributed by atoms with Gasteiger partial charge in [-0.1, -0.05) is 149 Å². The van der Waals surface area contributed by atoms with E-state index >= 15 is 0 Å². The first-order valence-electron chi connectivity index (χ1n) is 22.9. The van der Waals surface area contributed by atoms with E-state index in [-0.39, 0.29) is 18.5 Å². The molecule has 1 saturated carbocycles. The third kappa shape index (κ3) is 30.2. The van der Waals surface area contributed by atoms with Crippen LogP contribution < -0.4 is 0 Å². The Hall–Kier alpha value is -1.18. The summed E-state index contributed by atoms with van der Waals surface area (Å²) in [5, 5.41) is 9.84. The van der Waals surface area contributed by atoms with Crippen LogP contribution in [0.3, 0.4) is 0 Å². The molecule has 0 bridgehead atoms. The number of nitrogens with zero attached hydrogens (tertiary/aromatic N) is 2. The number of aliphatic hydroxyl groups excluding tert-OH is 1. The lowest BCUT2D eigenvalue weighted by molar-refractivity contribution is -0.145. The van der Waals surface area contributed by atoms with Crippen LogP contribution in [0.15, 0.2) is 0 Å². The van der Waals surface area contributed by atoms with Gasteiger partial charge in [-0.15, -0.1) is 0 Å². The normalized spacial score (nSPS) is 14.6. The highest BCUT2D eigenvalue weighted by Crippen LogP contribution is 2.22. The second-order valence-corrected chi connectivity index (χ2v) is 16.3. The number of aliphatic hydroxyl groups is 1. The Morgan fingerprint density at radius 1 is 0.577 bits per heavy atom. The van der Waals surface area contributed by atoms with Crippen LogP contribution in [0.25, 0.3) is 0 Å². The van der Waals surface area contributed by atoms with Crippen LogP contribution in [-0.4, -0.2) is 85.4 Å². The molecule has 52 heavy (non-hydrogen) atoms. The van der Waals surface area contributed by atoms with Gasteiger partial charge in [0.25, 0.3) is 0 Å². The lowest BCUT2D eigenvalue weighted by atomic mass is 10.0. The van der Waals surface area contributed by atoms with E-state index < -0.39 is 0 Å². The van der Waals surface area contributed by atoms with E-state index in [4.69, 9.17) is 9.47 Å². The van der Waals surface area contributed by atoms with Gasteiger partial charge in [0, 0.05) is 38.5 Å². The van der Waals surface area contributed by atoms with Crippen molar-refractivity contribution in [2.45, 2.75) is 219 Å². The molecule has 0 spiro atoms. The third-order valence-corrected chi connectivity index (χ3v) is 11.2. The summed E-state index contributed by atoms with van der Waals surface area (Å²) in [6, 6.07) is 0.595. The number of rotatable bonds is 37. The second kappa shape index (κ2) is 36.8.